The largest absolute Gasteiger partial charge is 0.497 e. The molecule has 0 bridgehead atoms. The molecular weight excluding hydrogens is 776 g/mol. The smallest absolute Gasteiger partial charge is 0.385 e. The first-order valence-electron chi connectivity index (χ1n) is 19.6. The summed E-state index contributed by atoms with van der Waals surface area (Å²) >= 11 is 0. The summed E-state index contributed by atoms with van der Waals surface area (Å²) in [7, 11) is -2.62. The van der Waals surface area contributed by atoms with Crippen molar-refractivity contribution < 1.29 is 40.7 Å². The van der Waals surface area contributed by atoms with Crippen molar-refractivity contribution in [3.05, 3.63) is 148 Å². The Kier molecular flexibility index (Phi) is 13.2. The number of hydrogen-bond acceptors (Lipinski definition) is 10. The van der Waals surface area contributed by atoms with Crippen molar-refractivity contribution in [2.24, 2.45) is 0 Å². The molecule has 0 fully saturated rings. The maximum absolute atomic E-state index is 15.6. The third-order valence-electron chi connectivity index (χ3n) is 10.3. The number of benzene rings is 5. The van der Waals surface area contributed by atoms with Crippen molar-refractivity contribution in [1.82, 2.24) is 19.3 Å². The van der Waals surface area contributed by atoms with E-state index in [1.165, 1.54) is 6.07 Å². The molecule has 1 atom stereocenters. The molecule has 6 aromatic rings. The second kappa shape index (κ2) is 18.8. The van der Waals surface area contributed by atoms with Crippen LogP contribution in [0.15, 0.2) is 103 Å². The lowest BCUT2D eigenvalue weighted by molar-refractivity contribution is -0.143. The number of ether oxygens (including phenoxy) is 4. The molecule has 7 rings (SSSR count). The fourth-order valence-electron chi connectivity index (χ4n) is 7.18. The van der Waals surface area contributed by atoms with Gasteiger partial charge in [-0.15, -0.1) is 5.10 Å². The second-order valence-corrected chi connectivity index (χ2v) is 15.9. The molecule has 0 aliphatic carbocycles. The highest BCUT2D eigenvalue weighted by molar-refractivity contribution is 7.84. The van der Waals surface area contributed by atoms with Crippen LogP contribution >= 0.6 is 0 Å². The molecule has 5 aromatic carbocycles. The van der Waals surface area contributed by atoms with E-state index >= 15 is 4.39 Å². The number of nitrogens with zero attached hydrogens (tertiary/aromatic N) is 4. The van der Waals surface area contributed by atoms with Gasteiger partial charge < -0.3 is 23.1 Å². The highest BCUT2D eigenvalue weighted by atomic mass is 32.2. The lowest BCUT2D eigenvalue weighted by Crippen LogP contribution is -2.37. The Morgan fingerprint density at radius 1 is 0.915 bits per heavy atom. The van der Waals surface area contributed by atoms with Crippen LogP contribution in [-0.2, 0) is 57.4 Å². The van der Waals surface area contributed by atoms with Gasteiger partial charge in [0.2, 0.25) is 0 Å². The first-order chi connectivity index (χ1) is 28.6. The lowest BCUT2D eigenvalue weighted by atomic mass is 9.85. The number of esters is 1. The normalized spacial score (nSPS) is 14.0. The summed E-state index contributed by atoms with van der Waals surface area (Å²) in [5.41, 5.74) is 6.55. The zero-order valence-corrected chi connectivity index (χ0v) is 34.1. The highest BCUT2D eigenvalue weighted by Crippen LogP contribution is 2.37. The van der Waals surface area contributed by atoms with E-state index in [0.717, 1.165) is 50.7 Å². The van der Waals surface area contributed by atoms with Gasteiger partial charge in [0.15, 0.2) is 0 Å². The van der Waals surface area contributed by atoms with Crippen molar-refractivity contribution in [2.75, 3.05) is 20.3 Å². The predicted molar refractivity (Wildman–Crippen MR) is 220 cm³/mol. The van der Waals surface area contributed by atoms with E-state index in [1.807, 2.05) is 78.3 Å². The number of aryl methyl sites for hydroxylation is 2. The Morgan fingerprint density at radius 3 is 2.47 bits per heavy atom. The van der Waals surface area contributed by atoms with Gasteiger partial charge in [-0.25, -0.2) is 9.07 Å². The van der Waals surface area contributed by atoms with Crippen molar-refractivity contribution in [3.63, 3.8) is 0 Å². The molecule has 1 unspecified atom stereocenters. The highest BCUT2D eigenvalue weighted by Gasteiger charge is 2.33. The summed E-state index contributed by atoms with van der Waals surface area (Å²) in [5, 5.41) is 8.96. The molecule has 0 radical (unpaired) electrons. The number of halogens is 1. The van der Waals surface area contributed by atoms with E-state index in [2.05, 4.69) is 10.3 Å². The molecule has 0 N–H and O–H groups in total. The summed E-state index contributed by atoms with van der Waals surface area (Å²) in [6, 6.07) is 30.8. The lowest BCUT2D eigenvalue weighted by Gasteiger charge is -2.28. The van der Waals surface area contributed by atoms with Gasteiger partial charge in [-0.05, 0) is 97.0 Å². The monoisotopic (exact) mass is 822 g/mol. The molecule has 12 nitrogen and oxygen atoms in total. The van der Waals surface area contributed by atoms with Crippen LogP contribution in [0.3, 0.4) is 0 Å². The predicted octanol–water partition coefficient (Wildman–Crippen LogP) is 8.19. The van der Waals surface area contributed by atoms with Gasteiger partial charge >= 0.3 is 16.3 Å². The van der Waals surface area contributed by atoms with Crippen LogP contribution in [0, 0.1) is 12.7 Å². The number of methoxy groups -OCH3 is 1. The number of unbranched alkanes of at least 4 members (excludes halogenated alkanes) is 1. The number of fused-ring (bicyclic) bond motifs is 2. The van der Waals surface area contributed by atoms with E-state index in [1.54, 1.807) is 44.4 Å². The van der Waals surface area contributed by atoms with Crippen LogP contribution in [0.5, 0.6) is 17.2 Å². The zero-order chi connectivity index (χ0) is 41.4. The van der Waals surface area contributed by atoms with Gasteiger partial charge in [-0.1, -0.05) is 65.9 Å². The summed E-state index contributed by atoms with van der Waals surface area (Å²) < 4.78 is 73.1. The maximum atomic E-state index is 15.6. The number of carbonyl (C=O) groups is 1. The first kappa shape index (κ1) is 41.3. The fourth-order valence-corrected chi connectivity index (χ4v) is 8.27. The van der Waals surface area contributed by atoms with Crippen LogP contribution in [0.4, 0.5) is 4.39 Å². The molecular formula is C45H47FN4O8S. The Labute approximate surface area is 343 Å². The Bertz CT molecular complexity index is 2500. The molecule has 0 saturated heterocycles. The van der Waals surface area contributed by atoms with Crippen molar-refractivity contribution in [3.8, 4) is 17.2 Å². The van der Waals surface area contributed by atoms with Crippen LogP contribution in [-0.4, -0.2) is 54.0 Å². The van der Waals surface area contributed by atoms with Gasteiger partial charge in [0.1, 0.15) is 35.2 Å². The maximum Gasteiger partial charge on any atom is 0.385 e. The molecule has 2 heterocycles. The number of carbonyl (C=O) groups excluding carboxylic acids is 1. The number of aromatic nitrogens is 3. The van der Waals surface area contributed by atoms with E-state index in [9.17, 15) is 13.2 Å². The Morgan fingerprint density at radius 2 is 1.69 bits per heavy atom. The number of hydrogen-bond donors (Lipinski definition) is 0. The van der Waals surface area contributed by atoms with Crippen LogP contribution < -0.4 is 13.7 Å². The van der Waals surface area contributed by atoms with Gasteiger partial charge in [0.25, 0.3) is 0 Å². The first-order valence-corrected chi connectivity index (χ1v) is 20.9. The molecule has 1 aliphatic heterocycles. The minimum absolute atomic E-state index is 0.0276. The minimum atomic E-state index is -4.26. The minimum Gasteiger partial charge on any atom is -0.497 e. The van der Waals surface area contributed by atoms with Gasteiger partial charge in [-0.2, -0.15) is 12.7 Å². The quantitative estimate of drug-likeness (QED) is 0.0618. The van der Waals surface area contributed by atoms with E-state index in [4.69, 9.17) is 23.1 Å². The van der Waals surface area contributed by atoms with Crippen LogP contribution in [0.25, 0.3) is 11.0 Å². The molecule has 0 saturated carbocycles. The molecule has 0 spiro atoms. The second-order valence-electron chi connectivity index (χ2n) is 14.3. The van der Waals surface area contributed by atoms with E-state index < -0.39 is 28.0 Å². The molecule has 1 aromatic heterocycles. The molecule has 14 heteroatoms. The van der Waals surface area contributed by atoms with Crippen molar-refractivity contribution in [2.45, 2.75) is 71.9 Å². The van der Waals surface area contributed by atoms with Gasteiger partial charge in [-0.3, -0.25) is 4.79 Å². The SMILES string of the molecule is CCOC(=O)CC(c1ccc(F)c(CN2Cc3cc(OCc4ccccc4)ccc3OS2(=O)=O)c1)c1ccc2c(nnn2CCCCOCc2ccc(OC)cc2)c1C. The standard InChI is InChI=1S/C45H47FN4O8S/c1-4-56-44(51)26-40(39-18-20-42-45(31(39)2)47-48-50(42)22-8-9-23-55-29-33-12-15-37(54-3)16-13-33)34-14-19-41(46)35(24-34)27-49-28-36-25-38(17-21-43(36)58-59(49,52)53)57-30-32-10-6-5-7-11-32/h5-7,10-21,24-25,40H,4,8-9,22-23,26-30H2,1-3H3. The summed E-state index contributed by atoms with van der Waals surface area (Å²) in [5.74, 6) is -0.0221. The van der Waals surface area contributed by atoms with Crippen LogP contribution in [0.2, 0.25) is 0 Å². The Hall–Kier alpha value is -5.83. The number of rotatable bonds is 18. The third kappa shape index (κ3) is 10.1. The Balaban J connectivity index is 1.06. The molecule has 59 heavy (non-hydrogen) atoms. The summed E-state index contributed by atoms with van der Waals surface area (Å²) in [6.45, 7) is 5.61. The average Bonchev–Trinajstić information content (AvgIpc) is 3.66. The zero-order valence-electron chi connectivity index (χ0n) is 33.3. The topological polar surface area (TPSA) is 131 Å². The summed E-state index contributed by atoms with van der Waals surface area (Å²) in [6.07, 6.45) is 1.64. The van der Waals surface area contributed by atoms with Gasteiger partial charge in [0, 0.05) is 43.3 Å². The van der Waals surface area contributed by atoms with Crippen molar-refractivity contribution in [1.29, 1.82) is 0 Å². The average molecular weight is 823 g/mol. The molecule has 0 amide bonds. The van der Waals surface area contributed by atoms with Gasteiger partial charge in [0.05, 0.1) is 32.3 Å². The van der Waals surface area contributed by atoms with Crippen LogP contribution in [0.1, 0.15) is 71.0 Å². The molecule has 1 aliphatic rings. The van der Waals surface area contributed by atoms with Crippen molar-refractivity contribution >= 4 is 27.3 Å². The summed E-state index contributed by atoms with van der Waals surface area (Å²) in [4.78, 5) is 13.0. The third-order valence-corrected chi connectivity index (χ3v) is 11.6. The van der Waals surface area contributed by atoms with E-state index in [-0.39, 0.29) is 37.4 Å². The fraction of sp³-hybridized carbons (Fsp3) is 0.311. The molecule has 308 valence electrons. The van der Waals surface area contributed by atoms with E-state index in [0.29, 0.717) is 48.8 Å².